The number of carbonyl (C=O) groups excluding carboxylic acids is 3. The summed E-state index contributed by atoms with van der Waals surface area (Å²) in [5.41, 5.74) is 5.01. The molecular formula is C48H52N8O8. The van der Waals surface area contributed by atoms with E-state index in [1.807, 2.05) is 46.2 Å². The Hall–Kier alpha value is -6.18. The van der Waals surface area contributed by atoms with E-state index in [9.17, 15) is 24.3 Å². The first kappa shape index (κ1) is 40.6. The molecule has 16 heteroatoms. The lowest BCUT2D eigenvalue weighted by atomic mass is 9.89. The average molecular weight is 869 g/mol. The second-order valence-corrected chi connectivity index (χ2v) is 18.6. The molecule has 4 aliphatic heterocycles. The summed E-state index contributed by atoms with van der Waals surface area (Å²) < 4.78 is 16.0. The number of likely N-dealkylation sites (N-methyl/N-ethyl adjacent to an activating group) is 1. The van der Waals surface area contributed by atoms with Crippen LogP contribution in [0.2, 0.25) is 0 Å². The molecule has 2 saturated carbocycles. The number of amides is 4. The van der Waals surface area contributed by atoms with Gasteiger partial charge in [-0.25, -0.2) is 19.6 Å². The SMILES string of the molecule is COC(=O)N[C@H](C(=O)N1[C@@H]2C[C@H]2C[C@H]1c1nc2ccc(C#Cc3ccc4c(ccc5[nH]c([C@@H]6C[C@H]7C[C@H]7N6C(=O)[C@H](C6CCOCC6)N(C)C(=O)O)nc54)c3)cc2[nH]1)C1CCOCC1. The van der Waals surface area contributed by atoms with Crippen molar-refractivity contribution in [2.24, 2.45) is 23.7 Å². The third-order valence-electron chi connectivity index (χ3n) is 14.8. The number of carbonyl (C=O) groups is 4. The molecular weight excluding hydrogens is 817 g/mol. The number of hydrogen-bond donors (Lipinski definition) is 4. The van der Waals surface area contributed by atoms with E-state index in [4.69, 9.17) is 24.2 Å². The molecule has 8 atom stereocenters. The average Bonchev–Trinajstić information content (AvgIpc) is 3.97. The van der Waals surface area contributed by atoms with E-state index < -0.39 is 24.3 Å². The summed E-state index contributed by atoms with van der Waals surface area (Å²) in [6.07, 6.45) is 4.46. The summed E-state index contributed by atoms with van der Waals surface area (Å²) in [7, 11) is 2.82. The van der Waals surface area contributed by atoms with Crippen LogP contribution in [-0.4, -0.2) is 128 Å². The van der Waals surface area contributed by atoms with Crippen molar-refractivity contribution in [2.45, 2.75) is 87.6 Å². The number of fused-ring (bicyclic) bond motifs is 6. The summed E-state index contributed by atoms with van der Waals surface area (Å²) in [4.78, 5) is 75.5. The maximum Gasteiger partial charge on any atom is 0.407 e. The van der Waals surface area contributed by atoms with Crippen molar-refractivity contribution in [3.8, 4) is 11.8 Å². The third-order valence-corrected chi connectivity index (χ3v) is 14.8. The maximum absolute atomic E-state index is 14.4. The fourth-order valence-corrected chi connectivity index (χ4v) is 11.3. The molecule has 0 unspecified atom stereocenters. The van der Waals surface area contributed by atoms with Crippen molar-refractivity contribution in [3.05, 3.63) is 71.3 Å². The standard InChI is InChI=1S/C48H52N8O8/c1-54(48(60)61)42(28-13-17-64-18-14-28)46(58)56-37-22-31(37)24-39(56)44-50-34-10-7-29-19-25(5-8-32(29)41(34)52-44)3-4-26-6-9-33-35(20-26)51-43(49-33)38-23-30-21-36(30)55(38)45(57)40(53-47(59)62-2)27-11-15-63-16-12-27/h5-10,19-20,27-28,30-31,36-40,42H,11-18,21-24H2,1-2H3,(H,49,51)(H,50,52)(H,53,59)(H,60,61)/t30-,31+,36+,37+,38-,39-,40-,42-/m0/s1. The zero-order chi connectivity index (χ0) is 43.8. The highest BCUT2D eigenvalue weighted by molar-refractivity contribution is 6.04. The monoisotopic (exact) mass is 868 g/mol. The Balaban J connectivity index is 0.819. The van der Waals surface area contributed by atoms with Crippen LogP contribution in [0.4, 0.5) is 9.59 Å². The topological polar surface area (TPSA) is 195 Å². The van der Waals surface area contributed by atoms with E-state index >= 15 is 0 Å². The molecule has 11 rings (SSSR count). The number of piperidine rings is 2. The Morgan fingerprint density at radius 3 is 2.06 bits per heavy atom. The number of carboxylic acid groups (broad SMARTS) is 1. The molecule has 0 radical (unpaired) electrons. The van der Waals surface area contributed by atoms with Crippen LogP contribution in [0.1, 0.15) is 86.2 Å². The first-order valence-electron chi connectivity index (χ1n) is 22.7. The Labute approximate surface area is 369 Å². The number of likely N-dealkylation sites (tertiary alicyclic amines) is 2. The molecule has 16 nitrogen and oxygen atoms in total. The van der Waals surface area contributed by atoms with Crippen molar-refractivity contribution in [2.75, 3.05) is 40.6 Å². The van der Waals surface area contributed by atoms with Crippen LogP contribution >= 0.6 is 0 Å². The minimum atomic E-state index is -1.11. The van der Waals surface area contributed by atoms with E-state index in [2.05, 4.69) is 39.3 Å². The maximum atomic E-state index is 14.4. The smallest absolute Gasteiger partial charge is 0.407 e. The molecule has 0 spiro atoms. The minimum Gasteiger partial charge on any atom is -0.465 e. The van der Waals surface area contributed by atoms with E-state index in [0.717, 1.165) is 81.3 Å². The molecule has 4 saturated heterocycles. The fraction of sp³-hybridized carbons (Fsp3) is 0.500. The highest BCUT2D eigenvalue weighted by Crippen LogP contribution is 2.55. The number of aromatic nitrogens is 4. The predicted octanol–water partition coefficient (Wildman–Crippen LogP) is 5.87. The van der Waals surface area contributed by atoms with Crippen molar-refractivity contribution >= 4 is 56.8 Å². The normalized spacial score (nSPS) is 26.2. The second-order valence-electron chi connectivity index (χ2n) is 18.6. The molecule has 64 heavy (non-hydrogen) atoms. The number of benzene rings is 3. The van der Waals surface area contributed by atoms with E-state index in [1.165, 1.54) is 19.1 Å². The Bertz CT molecular complexity index is 2740. The number of aromatic amines is 2. The van der Waals surface area contributed by atoms with Gasteiger partial charge in [-0.05, 0) is 117 Å². The molecule has 2 aliphatic carbocycles. The first-order valence-corrected chi connectivity index (χ1v) is 22.7. The van der Waals surface area contributed by atoms with E-state index in [0.29, 0.717) is 63.9 Å². The number of imidazole rings is 2. The van der Waals surface area contributed by atoms with Gasteiger partial charge in [-0.1, -0.05) is 24.0 Å². The van der Waals surface area contributed by atoms with Gasteiger partial charge in [-0.3, -0.25) is 14.5 Å². The molecule has 3 aromatic carbocycles. The van der Waals surface area contributed by atoms with Crippen molar-refractivity contribution in [3.63, 3.8) is 0 Å². The van der Waals surface area contributed by atoms with Gasteiger partial charge in [-0.2, -0.15) is 0 Å². The highest BCUT2D eigenvalue weighted by Gasteiger charge is 2.58. The summed E-state index contributed by atoms with van der Waals surface area (Å²) in [5.74, 6) is 8.58. The summed E-state index contributed by atoms with van der Waals surface area (Å²) in [6.45, 7) is 2.16. The van der Waals surface area contributed by atoms with Crippen LogP contribution in [0, 0.1) is 35.5 Å². The molecule has 0 bridgehead atoms. The molecule has 332 valence electrons. The van der Waals surface area contributed by atoms with Crippen LogP contribution in [0.15, 0.2) is 48.5 Å². The molecule has 5 aromatic rings. The van der Waals surface area contributed by atoms with Gasteiger partial charge in [0.05, 0.1) is 41.3 Å². The largest absolute Gasteiger partial charge is 0.465 e. The number of methoxy groups -OCH3 is 1. The van der Waals surface area contributed by atoms with Gasteiger partial charge in [0.25, 0.3) is 0 Å². The molecule has 2 aromatic heterocycles. The first-order chi connectivity index (χ1) is 31.1. The zero-order valence-corrected chi connectivity index (χ0v) is 35.9. The zero-order valence-electron chi connectivity index (χ0n) is 35.9. The van der Waals surface area contributed by atoms with Gasteiger partial charge in [0, 0.05) is 62.1 Å². The van der Waals surface area contributed by atoms with Crippen LogP contribution in [0.5, 0.6) is 0 Å². The Morgan fingerprint density at radius 2 is 1.39 bits per heavy atom. The number of hydrogen-bond acceptors (Lipinski definition) is 9. The fourth-order valence-electron chi connectivity index (χ4n) is 11.3. The minimum absolute atomic E-state index is 0.0352. The predicted molar refractivity (Wildman–Crippen MR) is 234 cm³/mol. The van der Waals surface area contributed by atoms with Gasteiger partial charge in [-0.15, -0.1) is 0 Å². The number of nitrogens with zero attached hydrogens (tertiary/aromatic N) is 5. The van der Waals surface area contributed by atoms with Gasteiger partial charge in [0.15, 0.2) is 0 Å². The third kappa shape index (κ3) is 7.28. The lowest BCUT2D eigenvalue weighted by Crippen LogP contribution is -2.54. The summed E-state index contributed by atoms with van der Waals surface area (Å²) in [6, 6.07) is 14.4. The molecule has 6 aliphatic rings. The lowest BCUT2D eigenvalue weighted by Gasteiger charge is -2.38. The van der Waals surface area contributed by atoms with Crippen LogP contribution in [-0.2, 0) is 23.8 Å². The van der Waals surface area contributed by atoms with Gasteiger partial charge < -0.3 is 44.4 Å². The number of nitrogens with one attached hydrogen (secondary N) is 3. The second kappa shape index (κ2) is 16.1. The lowest BCUT2D eigenvalue weighted by molar-refractivity contribution is -0.141. The molecule has 4 N–H and O–H groups in total. The summed E-state index contributed by atoms with van der Waals surface area (Å²) >= 11 is 0. The highest BCUT2D eigenvalue weighted by atomic mass is 16.5. The Morgan fingerprint density at radius 1 is 0.781 bits per heavy atom. The van der Waals surface area contributed by atoms with Gasteiger partial charge in [0.1, 0.15) is 23.7 Å². The van der Waals surface area contributed by atoms with Crippen molar-refractivity contribution in [1.29, 1.82) is 0 Å². The van der Waals surface area contributed by atoms with Gasteiger partial charge >= 0.3 is 12.2 Å². The van der Waals surface area contributed by atoms with E-state index in [-0.39, 0.29) is 47.8 Å². The van der Waals surface area contributed by atoms with Crippen LogP contribution in [0.25, 0.3) is 32.8 Å². The quantitative estimate of drug-likeness (QED) is 0.137. The number of alkyl carbamates (subject to hydrolysis) is 1. The van der Waals surface area contributed by atoms with Gasteiger partial charge in [0.2, 0.25) is 11.8 Å². The van der Waals surface area contributed by atoms with E-state index in [1.54, 1.807) is 0 Å². The molecule has 6 heterocycles. The van der Waals surface area contributed by atoms with Crippen molar-refractivity contribution < 1.29 is 38.5 Å². The van der Waals surface area contributed by atoms with Crippen molar-refractivity contribution in [1.82, 2.24) is 40.0 Å². The molecule has 6 fully saturated rings. The number of rotatable bonds is 8. The summed E-state index contributed by atoms with van der Waals surface area (Å²) in [5, 5.41) is 14.8. The van der Waals surface area contributed by atoms with Crippen LogP contribution < -0.4 is 5.32 Å². The molecule has 4 amide bonds. The Kier molecular flexibility index (Phi) is 10.2. The number of H-pyrrole nitrogens is 2. The van der Waals surface area contributed by atoms with Crippen LogP contribution in [0.3, 0.4) is 0 Å². The number of ether oxygens (including phenoxy) is 3.